The van der Waals surface area contributed by atoms with Crippen LogP contribution in [0.25, 0.3) is 0 Å². The molecule has 3 N–H and O–H groups in total. The Balaban J connectivity index is 2.72. The molecule has 3 nitrogen and oxygen atoms in total. The van der Waals surface area contributed by atoms with Crippen LogP contribution in [0.1, 0.15) is 25.5 Å². The normalized spacial score (nSPS) is 13.1. The maximum atomic E-state index is 9.88. The van der Waals surface area contributed by atoms with Gasteiger partial charge in [0.25, 0.3) is 0 Å². The number of nitrogens with two attached hydrogens (primary N) is 1. The maximum Gasteiger partial charge on any atom is 0.129 e. The molecule has 0 aliphatic carbocycles. The predicted octanol–water partition coefficient (Wildman–Crippen LogP) is 2.49. The molecule has 0 fully saturated rings. The lowest BCUT2D eigenvalue weighted by Gasteiger charge is -2.13. The molecule has 0 aliphatic rings. The van der Waals surface area contributed by atoms with Gasteiger partial charge in [0.05, 0.1) is 11.1 Å². The largest absolute Gasteiger partial charge is 0.387 e. The second-order valence-corrected chi connectivity index (χ2v) is 5.57. The first-order chi connectivity index (χ1) is 7.00. The monoisotopic (exact) mass is 246 g/mol. The molecule has 1 rings (SSSR count). The number of halogens is 1. The Morgan fingerprint density at radius 3 is 2.87 bits per heavy atom. The summed E-state index contributed by atoms with van der Waals surface area (Å²) in [7, 11) is 0. The molecule has 0 amide bonds. The van der Waals surface area contributed by atoms with Crippen LogP contribution in [-0.4, -0.2) is 21.1 Å². The van der Waals surface area contributed by atoms with Gasteiger partial charge >= 0.3 is 0 Å². The van der Waals surface area contributed by atoms with Crippen LogP contribution in [0, 0.1) is 0 Å². The molecule has 0 aliphatic heterocycles. The molecule has 1 aromatic rings. The number of hydrogen-bond acceptors (Lipinski definition) is 4. The molecule has 84 valence electrons. The summed E-state index contributed by atoms with van der Waals surface area (Å²) in [5.74, 6) is 0.945. The van der Waals surface area contributed by atoms with Gasteiger partial charge in [0.15, 0.2) is 0 Å². The average molecular weight is 247 g/mol. The number of aromatic nitrogens is 1. The molecule has 0 saturated carbocycles. The SMILES string of the molecule is CC(C)SCC(O)c1cc(Cl)cnc1N. The van der Waals surface area contributed by atoms with Crippen molar-refractivity contribution in [3.63, 3.8) is 0 Å². The molecule has 5 heteroatoms. The maximum absolute atomic E-state index is 9.88. The van der Waals surface area contributed by atoms with Crippen LogP contribution in [0.2, 0.25) is 5.02 Å². The molecule has 1 heterocycles. The standard InChI is InChI=1S/C10H15ClN2OS/c1-6(2)15-5-9(14)8-3-7(11)4-13-10(8)12/h3-4,6,9,14H,5H2,1-2H3,(H2,12,13). The Morgan fingerprint density at radius 1 is 1.60 bits per heavy atom. The average Bonchev–Trinajstić information content (AvgIpc) is 2.18. The summed E-state index contributed by atoms with van der Waals surface area (Å²) in [4.78, 5) is 3.90. The van der Waals surface area contributed by atoms with Gasteiger partial charge in [-0.2, -0.15) is 11.8 Å². The van der Waals surface area contributed by atoms with Gasteiger partial charge in [-0.25, -0.2) is 4.98 Å². The van der Waals surface area contributed by atoms with E-state index < -0.39 is 6.10 Å². The number of pyridine rings is 1. The van der Waals surface area contributed by atoms with E-state index in [0.717, 1.165) is 0 Å². The number of hydrogen-bond donors (Lipinski definition) is 2. The zero-order valence-corrected chi connectivity index (χ0v) is 10.3. The highest BCUT2D eigenvalue weighted by Crippen LogP contribution is 2.26. The van der Waals surface area contributed by atoms with Crippen LogP contribution in [0.3, 0.4) is 0 Å². The summed E-state index contributed by atoms with van der Waals surface area (Å²) in [6.07, 6.45) is 0.867. The van der Waals surface area contributed by atoms with E-state index in [-0.39, 0.29) is 0 Å². The quantitative estimate of drug-likeness (QED) is 0.857. The van der Waals surface area contributed by atoms with Crippen LogP contribution < -0.4 is 5.73 Å². The summed E-state index contributed by atoms with van der Waals surface area (Å²) in [6, 6.07) is 1.66. The van der Waals surface area contributed by atoms with Crippen molar-refractivity contribution in [3.05, 3.63) is 22.8 Å². The fraction of sp³-hybridized carbons (Fsp3) is 0.500. The van der Waals surface area contributed by atoms with Crippen LogP contribution in [0.4, 0.5) is 5.82 Å². The Labute approximate surface area is 99.0 Å². The lowest BCUT2D eigenvalue weighted by atomic mass is 10.1. The van der Waals surface area contributed by atoms with Crippen molar-refractivity contribution in [2.45, 2.75) is 25.2 Å². The van der Waals surface area contributed by atoms with E-state index in [2.05, 4.69) is 18.8 Å². The number of aliphatic hydroxyl groups is 1. The van der Waals surface area contributed by atoms with Crippen LogP contribution in [0.15, 0.2) is 12.3 Å². The Bertz CT molecular complexity index is 333. The Kier molecular flexibility index (Phi) is 4.70. The summed E-state index contributed by atoms with van der Waals surface area (Å²) < 4.78 is 0. The third-order valence-electron chi connectivity index (χ3n) is 1.86. The molecule has 1 atom stereocenters. The fourth-order valence-corrected chi connectivity index (χ4v) is 2.02. The van der Waals surface area contributed by atoms with Gasteiger partial charge in [-0.1, -0.05) is 25.4 Å². The van der Waals surface area contributed by atoms with Gasteiger partial charge in [0.2, 0.25) is 0 Å². The van der Waals surface area contributed by atoms with Crippen molar-refractivity contribution >= 4 is 29.2 Å². The second kappa shape index (κ2) is 5.58. The molecule has 15 heavy (non-hydrogen) atoms. The van der Waals surface area contributed by atoms with Crippen molar-refractivity contribution < 1.29 is 5.11 Å². The highest BCUT2D eigenvalue weighted by molar-refractivity contribution is 7.99. The van der Waals surface area contributed by atoms with Crippen molar-refractivity contribution in [2.75, 3.05) is 11.5 Å². The van der Waals surface area contributed by atoms with Crippen molar-refractivity contribution in [2.24, 2.45) is 0 Å². The molecular formula is C10H15ClN2OS. The minimum Gasteiger partial charge on any atom is -0.387 e. The number of nitrogen functional groups attached to an aromatic ring is 1. The van der Waals surface area contributed by atoms with Gasteiger partial charge in [0, 0.05) is 17.5 Å². The van der Waals surface area contributed by atoms with E-state index in [4.69, 9.17) is 17.3 Å². The van der Waals surface area contributed by atoms with Crippen molar-refractivity contribution in [1.29, 1.82) is 0 Å². The molecule has 0 spiro atoms. The molecule has 0 radical (unpaired) electrons. The van der Waals surface area contributed by atoms with E-state index in [1.165, 1.54) is 6.20 Å². The second-order valence-electron chi connectivity index (χ2n) is 3.53. The lowest BCUT2D eigenvalue weighted by molar-refractivity contribution is 0.204. The first-order valence-electron chi connectivity index (χ1n) is 4.71. The number of rotatable bonds is 4. The third kappa shape index (κ3) is 3.89. The van der Waals surface area contributed by atoms with E-state index in [0.29, 0.717) is 27.4 Å². The lowest BCUT2D eigenvalue weighted by Crippen LogP contribution is -2.07. The summed E-state index contributed by atoms with van der Waals surface area (Å²) >= 11 is 7.46. The molecular weight excluding hydrogens is 232 g/mol. The zero-order valence-electron chi connectivity index (χ0n) is 8.77. The van der Waals surface area contributed by atoms with Gasteiger partial charge in [-0.05, 0) is 11.3 Å². The Hall–Kier alpha value is -0.450. The van der Waals surface area contributed by atoms with Crippen molar-refractivity contribution in [1.82, 2.24) is 4.98 Å². The van der Waals surface area contributed by atoms with E-state index in [1.54, 1.807) is 17.8 Å². The van der Waals surface area contributed by atoms with E-state index >= 15 is 0 Å². The smallest absolute Gasteiger partial charge is 0.129 e. The molecule has 0 saturated heterocycles. The number of thioether (sulfide) groups is 1. The molecule has 0 bridgehead atoms. The van der Waals surface area contributed by atoms with Gasteiger partial charge in [-0.15, -0.1) is 0 Å². The minimum atomic E-state index is -0.608. The topological polar surface area (TPSA) is 59.1 Å². The number of anilines is 1. The van der Waals surface area contributed by atoms with Gasteiger partial charge < -0.3 is 10.8 Å². The van der Waals surface area contributed by atoms with E-state index in [9.17, 15) is 5.11 Å². The zero-order chi connectivity index (χ0) is 11.4. The summed E-state index contributed by atoms with van der Waals surface area (Å²) in [6.45, 7) is 4.16. The first-order valence-corrected chi connectivity index (χ1v) is 6.14. The van der Waals surface area contributed by atoms with Crippen molar-refractivity contribution in [3.8, 4) is 0 Å². The Morgan fingerprint density at radius 2 is 2.27 bits per heavy atom. The predicted molar refractivity (Wildman–Crippen MR) is 66.2 cm³/mol. The highest BCUT2D eigenvalue weighted by Gasteiger charge is 2.13. The highest BCUT2D eigenvalue weighted by atomic mass is 35.5. The van der Waals surface area contributed by atoms with Crippen LogP contribution in [-0.2, 0) is 0 Å². The third-order valence-corrected chi connectivity index (χ3v) is 3.24. The summed E-state index contributed by atoms with van der Waals surface area (Å²) in [5.41, 5.74) is 6.26. The molecule has 1 aromatic heterocycles. The molecule has 0 aromatic carbocycles. The minimum absolute atomic E-state index is 0.344. The molecule has 1 unspecified atom stereocenters. The summed E-state index contributed by atoms with van der Waals surface area (Å²) in [5, 5.41) is 10.8. The van der Waals surface area contributed by atoms with Crippen LogP contribution in [0.5, 0.6) is 0 Å². The van der Waals surface area contributed by atoms with Gasteiger partial charge in [-0.3, -0.25) is 0 Å². The van der Waals surface area contributed by atoms with E-state index in [1.807, 2.05) is 0 Å². The first kappa shape index (κ1) is 12.6. The number of aliphatic hydroxyl groups excluding tert-OH is 1. The number of nitrogens with zero attached hydrogens (tertiary/aromatic N) is 1. The van der Waals surface area contributed by atoms with Crippen LogP contribution >= 0.6 is 23.4 Å². The van der Waals surface area contributed by atoms with Gasteiger partial charge in [0.1, 0.15) is 5.82 Å². The fourth-order valence-electron chi connectivity index (χ4n) is 1.11.